The zero-order valence-electron chi connectivity index (χ0n) is 22.7. The van der Waals surface area contributed by atoms with Crippen molar-refractivity contribution < 1.29 is 0 Å². The van der Waals surface area contributed by atoms with E-state index in [-0.39, 0.29) is 22.2 Å². The molecule has 0 unspecified atom stereocenters. The fourth-order valence-electron chi connectivity index (χ4n) is 4.77. The van der Waals surface area contributed by atoms with Crippen molar-refractivity contribution in [2.45, 2.75) is 118 Å². The second-order valence-electron chi connectivity index (χ2n) is 12.9. The Kier molecular flexibility index (Phi) is 7.63. The minimum absolute atomic E-state index is 0.0587. The van der Waals surface area contributed by atoms with Gasteiger partial charge in [-0.2, -0.15) is 0 Å². The van der Waals surface area contributed by atoms with Crippen LogP contribution in [0.25, 0.3) is 11.1 Å². The third kappa shape index (κ3) is 7.11. The Bertz CT molecular complexity index is 786. The Hall–Kier alpha value is -1.78. The maximum absolute atomic E-state index is 4.70. The molecule has 2 aromatic heterocycles. The van der Waals surface area contributed by atoms with E-state index >= 15 is 0 Å². The molecular weight excluding hydrogens is 392 g/mol. The number of hydrogen-bond donors (Lipinski definition) is 0. The highest BCUT2D eigenvalue weighted by Crippen LogP contribution is 2.30. The molecule has 4 nitrogen and oxygen atoms in total. The lowest BCUT2D eigenvalue weighted by molar-refractivity contribution is 0.0283. The lowest BCUT2D eigenvalue weighted by Crippen LogP contribution is -2.52. The molecule has 0 bridgehead atoms. The van der Waals surface area contributed by atoms with E-state index in [2.05, 4.69) is 117 Å². The summed E-state index contributed by atoms with van der Waals surface area (Å²) >= 11 is 0. The fraction of sp³-hybridized carbons (Fsp3) is 0.643. The first kappa shape index (κ1) is 26.5. The van der Waals surface area contributed by atoms with E-state index in [1.807, 2.05) is 12.4 Å². The van der Waals surface area contributed by atoms with Gasteiger partial charge in [0.25, 0.3) is 0 Å². The first-order chi connectivity index (χ1) is 14.4. The van der Waals surface area contributed by atoms with Gasteiger partial charge in [0.2, 0.25) is 0 Å². The fourth-order valence-corrected chi connectivity index (χ4v) is 4.77. The molecule has 32 heavy (non-hydrogen) atoms. The maximum Gasteiger partial charge on any atom is 0.0550 e. The van der Waals surface area contributed by atoms with Gasteiger partial charge in [0.15, 0.2) is 0 Å². The molecule has 0 aromatic carbocycles. The summed E-state index contributed by atoms with van der Waals surface area (Å²) in [5.41, 5.74) is 4.81. The molecule has 2 aromatic rings. The summed E-state index contributed by atoms with van der Waals surface area (Å²) in [5, 5.41) is 0. The normalized spacial score (nSPS) is 13.8. The van der Waals surface area contributed by atoms with Crippen LogP contribution in [0.3, 0.4) is 0 Å². The second kappa shape index (κ2) is 9.23. The average Bonchev–Trinajstić information content (AvgIpc) is 2.61. The maximum atomic E-state index is 4.70. The van der Waals surface area contributed by atoms with E-state index in [4.69, 9.17) is 9.97 Å². The molecule has 178 valence electrons. The van der Waals surface area contributed by atoms with Crippen LogP contribution in [-0.2, 0) is 13.1 Å². The van der Waals surface area contributed by atoms with Crippen molar-refractivity contribution in [2.75, 3.05) is 0 Å². The van der Waals surface area contributed by atoms with Gasteiger partial charge < -0.3 is 0 Å². The van der Waals surface area contributed by atoms with Crippen molar-refractivity contribution in [3.8, 4) is 11.1 Å². The zero-order chi connectivity index (χ0) is 24.5. The smallest absolute Gasteiger partial charge is 0.0550 e. The average molecular weight is 439 g/mol. The largest absolute Gasteiger partial charge is 0.288 e. The number of pyridine rings is 2. The van der Waals surface area contributed by atoms with E-state index in [9.17, 15) is 0 Å². The molecular formula is C28H46N4. The molecule has 0 aliphatic carbocycles. The summed E-state index contributed by atoms with van der Waals surface area (Å²) in [6.45, 7) is 28.9. The molecule has 0 saturated heterocycles. The van der Waals surface area contributed by atoms with Crippen molar-refractivity contribution in [1.29, 1.82) is 0 Å². The molecule has 2 heterocycles. The highest BCUT2D eigenvalue weighted by atomic mass is 15.2. The molecule has 0 saturated carbocycles. The van der Waals surface area contributed by atoms with Gasteiger partial charge >= 0.3 is 0 Å². The molecule has 0 radical (unpaired) electrons. The minimum atomic E-state index is 0.0587. The number of aromatic nitrogens is 2. The summed E-state index contributed by atoms with van der Waals surface area (Å²) in [4.78, 5) is 14.4. The topological polar surface area (TPSA) is 32.3 Å². The van der Waals surface area contributed by atoms with Gasteiger partial charge in [-0.25, -0.2) is 0 Å². The van der Waals surface area contributed by atoms with Gasteiger partial charge in [0.05, 0.1) is 11.4 Å². The summed E-state index contributed by atoms with van der Waals surface area (Å²) < 4.78 is 0. The van der Waals surface area contributed by atoms with Gasteiger partial charge in [-0.05, 0) is 118 Å². The zero-order valence-corrected chi connectivity index (χ0v) is 22.7. The van der Waals surface area contributed by atoms with Crippen LogP contribution in [0.2, 0.25) is 0 Å². The summed E-state index contributed by atoms with van der Waals surface area (Å²) in [6, 6.07) is 8.67. The van der Waals surface area contributed by atoms with Crippen LogP contribution in [-0.4, -0.2) is 41.9 Å². The van der Waals surface area contributed by atoms with Crippen LogP contribution in [0.4, 0.5) is 0 Å². The molecule has 0 aliphatic rings. The Morgan fingerprint density at radius 2 is 0.812 bits per heavy atom. The van der Waals surface area contributed by atoms with Crippen molar-refractivity contribution in [3.05, 3.63) is 48.0 Å². The molecule has 4 heteroatoms. The van der Waals surface area contributed by atoms with Crippen molar-refractivity contribution in [3.63, 3.8) is 0 Å². The quantitative estimate of drug-likeness (QED) is 0.506. The monoisotopic (exact) mass is 438 g/mol. The Morgan fingerprint density at radius 1 is 0.531 bits per heavy atom. The van der Waals surface area contributed by atoms with Crippen molar-refractivity contribution in [2.24, 2.45) is 0 Å². The number of rotatable bonds is 5. The SMILES string of the molecule is CC(C)(C)N(Cc1cc(-c2ccnc(CN(C(C)(C)C)C(C)(C)C)c2)ccn1)C(C)(C)C. The number of nitrogens with zero attached hydrogens (tertiary/aromatic N) is 4. The highest BCUT2D eigenvalue weighted by Gasteiger charge is 2.32. The van der Waals surface area contributed by atoms with Crippen molar-refractivity contribution >= 4 is 0 Å². The highest BCUT2D eigenvalue weighted by molar-refractivity contribution is 5.63. The predicted octanol–water partition coefficient (Wildman–Crippen LogP) is 6.94. The summed E-state index contributed by atoms with van der Waals surface area (Å²) in [6.07, 6.45) is 3.87. The van der Waals surface area contributed by atoms with Crippen LogP contribution in [0, 0.1) is 0 Å². The van der Waals surface area contributed by atoms with E-state index < -0.39 is 0 Å². The minimum Gasteiger partial charge on any atom is -0.288 e. The van der Waals surface area contributed by atoms with Crippen molar-refractivity contribution in [1.82, 2.24) is 19.8 Å². The van der Waals surface area contributed by atoms with Gasteiger partial charge in [-0.15, -0.1) is 0 Å². The molecule has 0 aliphatic heterocycles. The van der Waals surface area contributed by atoms with E-state index in [0.29, 0.717) is 0 Å². The van der Waals surface area contributed by atoms with Crippen LogP contribution in [0.1, 0.15) is 94.5 Å². The van der Waals surface area contributed by atoms with Gasteiger partial charge in [-0.3, -0.25) is 19.8 Å². The summed E-state index contributed by atoms with van der Waals surface area (Å²) in [5.74, 6) is 0. The van der Waals surface area contributed by atoms with E-state index in [1.54, 1.807) is 0 Å². The molecule has 0 N–H and O–H groups in total. The first-order valence-electron chi connectivity index (χ1n) is 11.8. The van der Waals surface area contributed by atoms with Gasteiger partial charge in [-0.1, -0.05) is 0 Å². The van der Waals surface area contributed by atoms with E-state index in [1.165, 1.54) is 11.1 Å². The lowest BCUT2D eigenvalue weighted by atomic mass is 9.95. The van der Waals surface area contributed by atoms with Gasteiger partial charge in [0, 0.05) is 47.6 Å². The standard InChI is InChI=1S/C28H46N4/c1-25(2,3)31(26(4,5)6)19-23-17-21(13-15-29-23)22-14-16-30-24(18-22)20-32(27(7,8)9)28(10,11)12/h13-18H,19-20H2,1-12H3. The first-order valence-corrected chi connectivity index (χ1v) is 11.8. The molecule has 0 amide bonds. The van der Waals surface area contributed by atoms with Crippen LogP contribution in [0.5, 0.6) is 0 Å². The third-order valence-corrected chi connectivity index (χ3v) is 5.85. The Labute approximate surface area is 197 Å². The Balaban J connectivity index is 2.35. The molecule has 2 rings (SSSR count). The summed E-state index contributed by atoms with van der Waals surface area (Å²) in [7, 11) is 0. The van der Waals surface area contributed by atoms with Gasteiger partial charge in [0.1, 0.15) is 0 Å². The van der Waals surface area contributed by atoms with Crippen LogP contribution >= 0.6 is 0 Å². The Morgan fingerprint density at radius 3 is 1.06 bits per heavy atom. The van der Waals surface area contributed by atoms with Crippen LogP contribution < -0.4 is 0 Å². The molecule has 0 atom stereocenters. The van der Waals surface area contributed by atoms with E-state index in [0.717, 1.165) is 24.5 Å². The van der Waals surface area contributed by atoms with Crippen LogP contribution in [0.15, 0.2) is 36.7 Å². The number of hydrogen-bond acceptors (Lipinski definition) is 4. The molecule has 0 spiro atoms. The third-order valence-electron chi connectivity index (χ3n) is 5.85. The molecule has 0 fully saturated rings. The second-order valence-corrected chi connectivity index (χ2v) is 12.9. The lowest BCUT2D eigenvalue weighted by Gasteiger charge is -2.45. The predicted molar refractivity (Wildman–Crippen MR) is 138 cm³/mol.